The summed E-state index contributed by atoms with van der Waals surface area (Å²) in [5, 5.41) is 27.6. The molecule has 168 valence electrons. The number of carboxylic acids is 2. The Kier molecular flexibility index (Phi) is 17.6. The van der Waals surface area contributed by atoms with Gasteiger partial charge < -0.3 is 21.1 Å². The topological polar surface area (TPSA) is 121 Å². The van der Waals surface area contributed by atoms with Crippen LogP contribution in [0.4, 0.5) is 0 Å². The maximum Gasteiger partial charge on any atom is 0.321 e. The van der Waals surface area contributed by atoms with Gasteiger partial charge in [0, 0.05) is 17.4 Å². The number of nitrogens with two attached hydrogens (primary N) is 1. The zero-order valence-corrected chi connectivity index (χ0v) is 18.4. The quantitative estimate of drug-likeness (QED) is 0.200. The zero-order chi connectivity index (χ0) is 22.6. The Bertz CT molecular complexity index is 625. The number of carbonyl (C=O) groups is 2. The number of rotatable bonds is 17. The third kappa shape index (κ3) is 16.8. The summed E-state index contributed by atoms with van der Waals surface area (Å²) in [6.45, 7) is 2.11. The Labute approximate surface area is 183 Å². The number of carboxylic acid groups (broad SMARTS) is 2. The lowest BCUT2D eigenvalue weighted by Crippen LogP contribution is -2.34. The molecule has 0 aliphatic carbocycles. The van der Waals surface area contributed by atoms with Crippen LogP contribution >= 0.6 is 11.8 Å². The smallest absolute Gasteiger partial charge is 0.321 e. The first-order valence-corrected chi connectivity index (χ1v) is 11.2. The number of aliphatic carboxylic acids is 2. The van der Waals surface area contributed by atoms with E-state index >= 15 is 0 Å². The molecule has 0 aromatic rings. The summed E-state index contributed by atoms with van der Waals surface area (Å²) >= 11 is 1.25. The molecule has 0 fully saturated rings. The molecular weight excluding hydrogens is 402 g/mol. The molecule has 0 saturated heterocycles. The average molecular weight is 438 g/mol. The van der Waals surface area contributed by atoms with Crippen LogP contribution < -0.4 is 5.73 Å². The molecule has 0 spiro atoms. The van der Waals surface area contributed by atoms with Gasteiger partial charge in [0.2, 0.25) is 0 Å². The molecule has 0 aliphatic heterocycles. The van der Waals surface area contributed by atoms with Crippen LogP contribution in [0, 0.1) is 0 Å². The first-order valence-electron chi connectivity index (χ1n) is 10.2. The standard InChI is InChI=1S/C23H35NO5S/c1-2-3-4-5-6-7-8-9-10-11-12-13-16-21(30-18-19(24)23(28)29)20(25)15-14-17-22(26)27/h3-4,6-7,9-13,16,19-21,25H,2,5,8,14-15,17-18,24H2,1H3,(H,26,27)(H,28,29)/b4-3+,7-6-,10-9-,12-11+,16-13+/t19-,20+,21+/m0/s1. The van der Waals surface area contributed by atoms with Gasteiger partial charge in [-0.05, 0) is 32.1 Å². The summed E-state index contributed by atoms with van der Waals surface area (Å²) in [6, 6.07) is -1.01. The zero-order valence-electron chi connectivity index (χ0n) is 17.6. The molecule has 0 aliphatic rings. The van der Waals surface area contributed by atoms with E-state index in [1.807, 2.05) is 24.3 Å². The molecule has 3 atom stereocenters. The largest absolute Gasteiger partial charge is 0.481 e. The van der Waals surface area contributed by atoms with Crippen LogP contribution in [0.1, 0.15) is 45.4 Å². The van der Waals surface area contributed by atoms with Crippen molar-refractivity contribution in [1.82, 2.24) is 0 Å². The summed E-state index contributed by atoms with van der Waals surface area (Å²) < 4.78 is 0. The molecule has 0 rings (SSSR count). The van der Waals surface area contributed by atoms with Crippen molar-refractivity contribution in [2.45, 2.75) is 62.8 Å². The van der Waals surface area contributed by atoms with Gasteiger partial charge in [-0.1, -0.05) is 67.7 Å². The summed E-state index contributed by atoms with van der Waals surface area (Å²) in [4.78, 5) is 21.5. The van der Waals surface area contributed by atoms with E-state index in [9.17, 15) is 14.7 Å². The van der Waals surface area contributed by atoms with Crippen LogP contribution in [0.5, 0.6) is 0 Å². The van der Waals surface area contributed by atoms with Crippen molar-refractivity contribution in [3.63, 3.8) is 0 Å². The van der Waals surface area contributed by atoms with Gasteiger partial charge in [0.05, 0.1) is 6.10 Å². The van der Waals surface area contributed by atoms with E-state index in [1.54, 1.807) is 12.2 Å². The fourth-order valence-corrected chi connectivity index (χ4v) is 3.41. The first kappa shape index (κ1) is 27.9. The van der Waals surface area contributed by atoms with Crippen LogP contribution in [0.2, 0.25) is 0 Å². The van der Waals surface area contributed by atoms with E-state index in [1.165, 1.54) is 11.8 Å². The lowest BCUT2D eigenvalue weighted by Gasteiger charge is -2.20. The monoisotopic (exact) mass is 437 g/mol. The predicted octanol–water partition coefficient (Wildman–Crippen LogP) is 4.09. The second kappa shape index (κ2) is 18.9. The third-order valence-corrected chi connectivity index (χ3v) is 5.35. The van der Waals surface area contributed by atoms with Crippen molar-refractivity contribution in [3.05, 3.63) is 60.8 Å². The van der Waals surface area contributed by atoms with Crippen molar-refractivity contribution in [1.29, 1.82) is 0 Å². The molecular formula is C23H35NO5S. The molecule has 0 saturated carbocycles. The van der Waals surface area contributed by atoms with Crippen molar-refractivity contribution in [2.75, 3.05) is 5.75 Å². The van der Waals surface area contributed by atoms with E-state index < -0.39 is 24.1 Å². The molecule has 0 bridgehead atoms. The number of aliphatic hydroxyl groups excluding tert-OH is 1. The van der Waals surface area contributed by atoms with Crippen LogP contribution in [0.25, 0.3) is 0 Å². The first-order chi connectivity index (χ1) is 14.4. The Balaban J connectivity index is 4.56. The van der Waals surface area contributed by atoms with E-state index in [4.69, 9.17) is 15.9 Å². The molecule has 0 unspecified atom stereocenters. The lowest BCUT2D eigenvalue weighted by atomic mass is 10.1. The maximum absolute atomic E-state index is 10.9. The average Bonchev–Trinajstić information content (AvgIpc) is 2.70. The summed E-state index contributed by atoms with van der Waals surface area (Å²) in [6.07, 6.45) is 22.5. The van der Waals surface area contributed by atoms with Gasteiger partial charge in [-0.25, -0.2) is 0 Å². The molecule has 0 heterocycles. The minimum absolute atomic E-state index is 0.0131. The maximum atomic E-state index is 10.9. The van der Waals surface area contributed by atoms with Gasteiger partial charge in [0.1, 0.15) is 6.04 Å². The highest BCUT2D eigenvalue weighted by Crippen LogP contribution is 2.21. The highest BCUT2D eigenvalue weighted by molar-refractivity contribution is 8.00. The summed E-state index contributed by atoms with van der Waals surface area (Å²) in [5.41, 5.74) is 5.54. The highest BCUT2D eigenvalue weighted by Gasteiger charge is 2.20. The number of aliphatic hydroxyl groups is 1. The molecule has 7 heteroatoms. The van der Waals surface area contributed by atoms with Gasteiger partial charge in [0.25, 0.3) is 0 Å². The van der Waals surface area contributed by atoms with Crippen molar-refractivity contribution in [2.24, 2.45) is 5.73 Å². The second-order valence-corrected chi connectivity index (χ2v) is 7.83. The fourth-order valence-electron chi connectivity index (χ4n) is 2.28. The minimum Gasteiger partial charge on any atom is -0.481 e. The van der Waals surface area contributed by atoms with Gasteiger partial charge in [-0.3, -0.25) is 9.59 Å². The Hall–Kier alpha value is -2.09. The highest BCUT2D eigenvalue weighted by atomic mass is 32.2. The fraction of sp³-hybridized carbons (Fsp3) is 0.478. The van der Waals surface area contributed by atoms with E-state index in [2.05, 4.69) is 31.2 Å². The molecule has 0 amide bonds. The van der Waals surface area contributed by atoms with E-state index in [0.29, 0.717) is 12.8 Å². The van der Waals surface area contributed by atoms with Crippen LogP contribution in [0.3, 0.4) is 0 Å². The number of hydrogen-bond donors (Lipinski definition) is 4. The minimum atomic E-state index is -1.09. The Morgan fingerprint density at radius 3 is 2.23 bits per heavy atom. The van der Waals surface area contributed by atoms with E-state index in [-0.39, 0.29) is 17.4 Å². The third-order valence-electron chi connectivity index (χ3n) is 3.94. The molecule has 0 aromatic heterocycles. The lowest BCUT2D eigenvalue weighted by molar-refractivity contribution is -0.138. The van der Waals surface area contributed by atoms with Crippen molar-refractivity contribution < 1.29 is 24.9 Å². The molecule has 6 nitrogen and oxygen atoms in total. The SMILES string of the molecule is CC/C=C/C/C=C\C\C=C/C=C/C=C/[C@@H](SC[C@H](N)C(=O)O)[C@H](O)CCCC(=O)O. The molecule has 5 N–H and O–H groups in total. The molecule has 30 heavy (non-hydrogen) atoms. The molecule has 0 aromatic carbocycles. The van der Waals surface area contributed by atoms with Gasteiger partial charge in [-0.15, -0.1) is 11.8 Å². The van der Waals surface area contributed by atoms with Gasteiger partial charge in [-0.2, -0.15) is 0 Å². The van der Waals surface area contributed by atoms with Crippen LogP contribution in [0.15, 0.2) is 60.8 Å². The number of allylic oxidation sites excluding steroid dienone is 9. The van der Waals surface area contributed by atoms with Crippen molar-refractivity contribution >= 4 is 23.7 Å². The Morgan fingerprint density at radius 1 is 0.967 bits per heavy atom. The predicted molar refractivity (Wildman–Crippen MR) is 125 cm³/mol. The molecule has 0 radical (unpaired) electrons. The number of thioether (sulfide) groups is 1. The van der Waals surface area contributed by atoms with Gasteiger partial charge >= 0.3 is 11.9 Å². The van der Waals surface area contributed by atoms with Crippen molar-refractivity contribution in [3.8, 4) is 0 Å². The second-order valence-electron chi connectivity index (χ2n) is 6.62. The van der Waals surface area contributed by atoms with Crippen LogP contribution in [-0.2, 0) is 9.59 Å². The Morgan fingerprint density at radius 2 is 1.60 bits per heavy atom. The summed E-state index contributed by atoms with van der Waals surface area (Å²) in [5.74, 6) is -1.84. The van der Waals surface area contributed by atoms with Crippen LogP contribution in [-0.4, -0.2) is 50.4 Å². The van der Waals surface area contributed by atoms with E-state index in [0.717, 1.165) is 19.3 Å². The summed E-state index contributed by atoms with van der Waals surface area (Å²) in [7, 11) is 0. The van der Waals surface area contributed by atoms with Gasteiger partial charge in [0.15, 0.2) is 0 Å². The number of hydrogen-bond acceptors (Lipinski definition) is 5. The normalized spacial score (nSPS) is 15.7.